The van der Waals surface area contributed by atoms with Crippen LogP contribution in [0.3, 0.4) is 0 Å². The zero-order chi connectivity index (χ0) is 49.9. The van der Waals surface area contributed by atoms with Crippen LogP contribution in [0.4, 0.5) is 0 Å². The second-order valence-corrected chi connectivity index (χ2v) is 20.1. The molecule has 1 unspecified atom stereocenters. The number of hydrogen-bond acceptors (Lipinski definition) is 5. The number of carbonyl (C=O) groups excluding carboxylic acids is 2. The number of carbonyl (C=O) groups is 2. The van der Waals surface area contributed by atoms with E-state index in [0.29, 0.717) is 12.8 Å². The summed E-state index contributed by atoms with van der Waals surface area (Å²) in [5, 5.41) is 9.67. The lowest BCUT2D eigenvalue weighted by molar-refractivity contribution is -0.161. The lowest BCUT2D eigenvalue weighted by atomic mass is 10.0. The second kappa shape index (κ2) is 59.6. The maximum absolute atomic E-state index is 12.3. The highest BCUT2D eigenvalue weighted by molar-refractivity contribution is 5.70. The molecule has 400 valence electrons. The fraction of sp³-hybridized carbons (Fsp3) is 0.781. The Kier molecular flexibility index (Phi) is 57.3. The van der Waals surface area contributed by atoms with E-state index < -0.39 is 6.10 Å². The molecular weight excluding hydrogens is 849 g/mol. The molecule has 1 N–H and O–H groups in total. The van der Waals surface area contributed by atoms with Gasteiger partial charge in [0, 0.05) is 12.8 Å². The fourth-order valence-corrected chi connectivity index (χ4v) is 8.80. The van der Waals surface area contributed by atoms with E-state index in [1.54, 1.807) is 0 Å². The first kappa shape index (κ1) is 66.3. The van der Waals surface area contributed by atoms with Gasteiger partial charge in [0.05, 0.1) is 6.61 Å². The molecule has 0 saturated carbocycles. The second-order valence-electron chi connectivity index (χ2n) is 20.1. The molecule has 0 aliphatic rings. The maximum atomic E-state index is 12.3. The molecular formula is C64H114O5. The van der Waals surface area contributed by atoms with Crippen molar-refractivity contribution >= 4 is 11.9 Å². The average molecular weight is 964 g/mol. The summed E-state index contributed by atoms with van der Waals surface area (Å²) in [7, 11) is 0. The zero-order valence-electron chi connectivity index (χ0n) is 45.8. The summed E-state index contributed by atoms with van der Waals surface area (Å²) >= 11 is 0. The van der Waals surface area contributed by atoms with Gasteiger partial charge in [0.2, 0.25) is 0 Å². The molecule has 0 fully saturated rings. The Morgan fingerprint density at radius 1 is 0.348 bits per heavy atom. The highest BCUT2D eigenvalue weighted by Gasteiger charge is 2.16. The SMILES string of the molecule is CC/C=C\C/C=C\C/C=C\C/C=C\C/C=C\C/C=C\CCCCCCCCCCCCCCC(=O)OC(CO)COC(=O)CCCCCCCCCCCCCCCCCCCCCCCCCC. The van der Waals surface area contributed by atoms with Crippen molar-refractivity contribution in [3.05, 3.63) is 72.9 Å². The number of aliphatic hydroxyl groups is 1. The Hall–Kier alpha value is -2.66. The van der Waals surface area contributed by atoms with E-state index in [2.05, 4.69) is 86.8 Å². The smallest absolute Gasteiger partial charge is 0.306 e. The summed E-state index contributed by atoms with van der Waals surface area (Å²) in [6.07, 6.45) is 81.7. The summed E-state index contributed by atoms with van der Waals surface area (Å²) in [5.41, 5.74) is 0. The van der Waals surface area contributed by atoms with Crippen molar-refractivity contribution < 1.29 is 24.2 Å². The van der Waals surface area contributed by atoms with Crippen molar-refractivity contribution in [1.29, 1.82) is 0 Å². The van der Waals surface area contributed by atoms with Crippen molar-refractivity contribution in [2.24, 2.45) is 0 Å². The molecule has 0 amide bonds. The quantitative estimate of drug-likeness (QED) is 0.0374. The van der Waals surface area contributed by atoms with Crippen molar-refractivity contribution in [2.75, 3.05) is 13.2 Å². The summed E-state index contributed by atoms with van der Waals surface area (Å²) in [6.45, 7) is 4.06. The first-order valence-corrected chi connectivity index (χ1v) is 30.0. The van der Waals surface area contributed by atoms with Crippen molar-refractivity contribution in [2.45, 2.75) is 309 Å². The summed E-state index contributed by atoms with van der Waals surface area (Å²) in [6, 6.07) is 0. The zero-order valence-corrected chi connectivity index (χ0v) is 45.8. The third-order valence-corrected chi connectivity index (χ3v) is 13.3. The van der Waals surface area contributed by atoms with Crippen molar-refractivity contribution in [3.63, 3.8) is 0 Å². The molecule has 5 nitrogen and oxygen atoms in total. The molecule has 0 aromatic carbocycles. The Bertz CT molecular complexity index is 1230. The van der Waals surface area contributed by atoms with Crippen molar-refractivity contribution in [3.8, 4) is 0 Å². The number of rotatable bonds is 55. The highest BCUT2D eigenvalue weighted by Crippen LogP contribution is 2.17. The molecule has 0 bridgehead atoms. The van der Waals surface area contributed by atoms with Gasteiger partial charge in [-0.1, -0.05) is 299 Å². The van der Waals surface area contributed by atoms with Gasteiger partial charge in [0.1, 0.15) is 6.61 Å². The first-order valence-electron chi connectivity index (χ1n) is 30.0. The molecule has 0 aliphatic heterocycles. The van der Waals surface area contributed by atoms with Crippen molar-refractivity contribution in [1.82, 2.24) is 0 Å². The van der Waals surface area contributed by atoms with Gasteiger partial charge in [-0.15, -0.1) is 0 Å². The molecule has 5 heteroatoms. The van der Waals surface area contributed by atoms with E-state index in [1.807, 2.05) is 0 Å². The number of unbranched alkanes of at least 4 members (excludes halogenated alkanes) is 35. The lowest BCUT2D eigenvalue weighted by Gasteiger charge is -2.15. The van der Waals surface area contributed by atoms with E-state index in [9.17, 15) is 14.7 Å². The van der Waals surface area contributed by atoms with E-state index in [1.165, 1.54) is 199 Å². The van der Waals surface area contributed by atoms with Crippen LogP contribution < -0.4 is 0 Å². The third kappa shape index (κ3) is 57.8. The number of aliphatic hydroxyl groups excluding tert-OH is 1. The van der Waals surface area contributed by atoms with Crippen LogP contribution in [0.1, 0.15) is 303 Å². The van der Waals surface area contributed by atoms with E-state index in [4.69, 9.17) is 9.47 Å². The molecule has 0 aliphatic carbocycles. The number of allylic oxidation sites excluding steroid dienone is 12. The highest BCUT2D eigenvalue weighted by atomic mass is 16.6. The van der Waals surface area contributed by atoms with Crippen LogP contribution in [-0.2, 0) is 19.1 Å². The Morgan fingerprint density at radius 2 is 0.623 bits per heavy atom. The van der Waals surface area contributed by atoms with Crippen LogP contribution in [0.25, 0.3) is 0 Å². The molecule has 0 saturated heterocycles. The minimum Gasteiger partial charge on any atom is -0.462 e. The molecule has 0 aromatic heterocycles. The van der Waals surface area contributed by atoms with Gasteiger partial charge in [0.25, 0.3) is 0 Å². The van der Waals surface area contributed by atoms with E-state index >= 15 is 0 Å². The third-order valence-electron chi connectivity index (χ3n) is 13.3. The maximum Gasteiger partial charge on any atom is 0.306 e. The van der Waals surface area contributed by atoms with Crippen LogP contribution in [0.5, 0.6) is 0 Å². The molecule has 0 radical (unpaired) electrons. The van der Waals surface area contributed by atoms with Gasteiger partial charge in [-0.05, 0) is 64.2 Å². The lowest BCUT2D eigenvalue weighted by Crippen LogP contribution is -2.28. The Morgan fingerprint density at radius 3 is 0.942 bits per heavy atom. The van der Waals surface area contributed by atoms with Gasteiger partial charge in [-0.3, -0.25) is 9.59 Å². The molecule has 0 rings (SSSR count). The average Bonchev–Trinajstić information content (AvgIpc) is 3.35. The van der Waals surface area contributed by atoms with Crippen LogP contribution >= 0.6 is 0 Å². The molecule has 1 atom stereocenters. The van der Waals surface area contributed by atoms with Crippen LogP contribution in [0.15, 0.2) is 72.9 Å². The Balaban J connectivity index is 3.47. The topological polar surface area (TPSA) is 72.8 Å². The number of ether oxygens (including phenoxy) is 2. The monoisotopic (exact) mass is 963 g/mol. The van der Waals surface area contributed by atoms with E-state index in [-0.39, 0.29) is 25.2 Å². The fourth-order valence-electron chi connectivity index (χ4n) is 8.80. The minimum absolute atomic E-state index is 0.0647. The predicted molar refractivity (Wildman–Crippen MR) is 302 cm³/mol. The first-order chi connectivity index (χ1) is 34.1. The largest absolute Gasteiger partial charge is 0.462 e. The van der Waals surface area contributed by atoms with Gasteiger partial charge < -0.3 is 14.6 Å². The van der Waals surface area contributed by atoms with Gasteiger partial charge in [-0.2, -0.15) is 0 Å². The predicted octanol–water partition coefficient (Wildman–Crippen LogP) is 20.4. The molecule has 0 spiro atoms. The van der Waals surface area contributed by atoms with Gasteiger partial charge >= 0.3 is 11.9 Å². The summed E-state index contributed by atoms with van der Waals surface area (Å²) < 4.78 is 10.7. The van der Waals surface area contributed by atoms with Crippen LogP contribution in [-0.4, -0.2) is 36.4 Å². The Labute approximate surface area is 429 Å². The normalized spacial score (nSPS) is 12.7. The van der Waals surface area contributed by atoms with Gasteiger partial charge in [-0.25, -0.2) is 0 Å². The summed E-state index contributed by atoms with van der Waals surface area (Å²) in [5.74, 6) is -0.580. The van der Waals surface area contributed by atoms with Crippen LogP contribution in [0.2, 0.25) is 0 Å². The molecule has 0 aromatic rings. The summed E-state index contributed by atoms with van der Waals surface area (Å²) in [4.78, 5) is 24.6. The standard InChI is InChI=1S/C64H114O5/c1-3-5-7-9-11-13-15-17-19-21-23-25-27-29-30-31-32-33-34-35-37-39-41-43-45-47-49-51-53-55-57-59-64(67)69-62(60-65)61-68-63(66)58-56-54-52-50-48-46-44-42-40-38-36-28-26-24-22-20-18-16-14-12-10-8-6-4-2/h5,7,11,13,17,19,23,25,29-30,32-33,62,65H,3-4,6,8-10,12,14-16,18,20-22,24,26-28,31,34-61H2,1-2H3/b7-5-,13-11-,19-17-,25-23-,30-29-,33-32-. The minimum atomic E-state index is -0.775. The molecule has 69 heavy (non-hydrogen) atoms. The van der Waals surface area contributed by atoms with E-state index in [0.717, 1.165) is 77.0 Å². The van der Waals surface area contributed by atoms with Crippen LogP contribution in [0, 0.1) is 0 Å². The van der Waals surface area contributed by atoms with Gasteiger partial charge in [0.15, 0.2) is 6.10 Å². The molecule has 0 heterocycles. The number of hydrogen-bond donors (Lipinski definition) is 1. The number of esters is 2.